The Bertz CT molecular complexity index is 3900. The highest BCUT2D eigenvalue weighted by Crippen LogP contribution is 2.42. The van der Waals surface area contributed by atoms with Crippen molar-refractivity contribution in [1.82, 2.24) is 29.1 Å². The average Bonchev–Trinajstić information content (AvgIpc) is 4.05. The van der Waals surface area contributed by atoms with Crippen LogP contribution in [-0.2, 0) is 0 Å². The molecule has 0 aliphatic carbocycles. The van der Waals surface area contributed by atoms with Crippen LogP contribution in [0.4, 0.5) is 0 Å². The van der Waals surface area contributed by atoms with E-state index in [1.807, 2.05) is 36.4 Å². The van der Waals surface area contributed by atoms with E-state index in [2.05, 4.69) is 179 Å². The van der Waals surface area contributed by atoms with E-state index in [1.54, 1.807) is 0 Å². The zero-order chi connectivity index (χ0) is 41.4. The third-order valence-electron chi connectivity index (χ3n) is 12.3. The summed E-state index contributed by atoms with van der Waals surface area (Å²) in [5, 5.41) is 6.41. The largest absolute Gasteiger partial charge is 0.422 e. The molecule has 13 rings (SSSR count). The molecule has 13 aromatic rings. The highest BCUT2D eigenvalue weighted by atomic mass is 16.4. The van der Waals surface area contributed by atoms with Gasteiger partial charge in [-0.1, -0.05) is 188 Å². The van der Waals surface area contributed by atoms with Crippen LogP contribution in [0.1, 0.15) is 0 Å². The second kappa shape index (κ2) is 13.9. The Balaban J connectivity index is 1.13. The molecule has 9 aromatic carbocycles. The van der Waals surface area contributed by atoms with Crippen LogP contribution >= 0.6 is 0 Å². The summed E-state index contributed by atoms with van der Waals surface area (Å²) in [7, 11) is 0. The van der Waals surface area contributed by atoms with Crippen molar-refractivity contribution >= 4 is 65.5 Å². The molecule has 0 amide bonds. The molecule has 0 N–H and O–H groups in total. The molecule has 0 atom stereocenters. The standard InChI is InChI=1S/C56H34N6O/c1-3-15-35(16-4-1)36-27-29-39(30-28-36)53-58-54(46-24-10-9-20-40(46)37-17-5-2-6-18-37)60-55(59-53)61-48-25-13-11-22-42(48)44-32-33-45-43-23-12-14-26-49(43)62(51(45)50(44)61)56-57-47-34-31-38-19-7-8-21-41(38)52(47)63-56/h1-34H. The van der Waals surface area contributed by atoms with Gasteiger partial charge in [0.05, 0.1) is 22.1 Å². The fourth-order valence-electron chi connectivity index (χ4n) is 9.35. The van der Waals surface area contributed by atoms with E-state index >= 15 is 0 Å². The molecule has 0 unspecified atom stereocenters. The summed E-state index contributed by atoms with van der Waals surface area (Å²) in [5.41, 5.74) is 11.6. The molecule has 294 valence electrons. The van der Waals surface area contributed by atoms with Gasteiger partial charge in [-0.15, -0.1) is 0 Å². The van der Waals surface area contributed by atoms with Gasteiger partial charge in [-0.05, 0) is 45.8 Å². The van der Waals surface area contributed by atoms with Crippen LogP contribution in [0, 0.1) is 0 Å². The average molecular weight is 807 g/mol. The third-order valence-corrected chi connectivity index (χ3v) is 12.3. The van der Waals surface area contributed by atoms with Gasteiger partial charge < -0.3 is 4.42 Å². The molecule has 0 fully saturated rings. The smallest absolute Gasteiger partial charge is 0.307 e. The maximum absolute atomic E-state index is 6.86. The fourth-order valence-corrected chi connectivity index (χ4v) is 9.35. The van der Waals surface area contributed by atoms with Gasteiger partial charge in [0.15, 0.2) is 17.2 Å². The first-order valence-corrected chi connectivity index (χ1v) is 21.1. The summed E-state index contributed by atoms with van der Waals surface area (Å²) in [6, 6.07) is 72.0. The first-order valence-electron chi connectivity index (χ1n) is 21.1. The molecule has 0 bridgehead atoms. The normalized spacial score (nSPS) is 11.8. The maximum atomic E-state index is 6.86. The van der Waals surface area contributed by atoms with E-state index in [4.69, 9.17) is 24.4 Å². The summed E-state index contributed by atoms with van der Waals surface area (Å²) in [6.07, 6.45) is 0. The molecular weight excluding hydrogens is 773 g/mol. The zero-order valence-electron chi connectivity index (χ0n) is 33.7. The lowest BCUT2D eigenvalue weighted by molar-refractivity contribution is 0.577. The van der Waals surface area contributed by atoms with E-state index in [1.165, 1.54) is 0 Å². The Morgan fingerprint density at radius 3 is 1.60 bits per heavy atom. The molecule has 7 heteroatoms. The summed E-state index contributed by atoms with van der Waals surface area (Å²) in [6.45, 7) is 0. The van der Waals surface area contributed by atoms with E-state index in [0.29, 0.717) is 23.6 Å². The van der Waals surface area contributed by atoms with Crippen LogP contribution in [0.5, 0.6) is 0 Å². The Kier molecular flexibility index (Phi) is 7.77. The Morgan fingerprint density at radius 1 is 0.333 bits per heavy atom. The van der Waals surface area contributed by atoms with Gasteiger partial charge in [0, 0.05) is 38.1 Å². The molecule has 0 aliphatic rings. The minimum atomic E-state index is 0.490. The third kappa shape index (κ3) is 5.53. The number of aromatic nitrogens is 6. The first kappa shape index (κ1) is 35.1. The fraction of sp³-hybridized carbons (Fsp3) is 0. The van der Waals surface area contributed by atoms with Crippen molar-refractivity contribution in [3.63, 3.8) is 0 Å². The number of fused-ring (bicyclic) bond motifs is 10. The molecular formula is C56H34N6O. The van der Waals surface area contributed by atoms with E-state index < -0.39 is 0 Å². The molecule has 0 saturated heterocycles. The van der Waals surface area contributed by atoms with Crippen molar-refractivity contribution in [3.8, 4) is 57.0 Å². The van der Waals surface area contributed by atoms with Crippen LogP contribution in [0.25, 0.3) is 122 Å². The van der Waals surface area contributed by atoms with Gasteiger partial charge in [0.25, 0.3) is 0 Å². The number of para-hydroxylation sites is 2. The molecule has 4 aromatic heterocycles. The van der Waals surface area contributed by atoms with Gasteiger partial charge >= 0.3 is 6.01 Å². The molecule has 0 saturated carbocycles. The van der Waals surface area contributed by atoms with Crippen LogP contribution in [0.3, 0.4) is 0 Å². The van der Waals surface area contributed by atoms with Gasteiger partial charge in [-0.3, -0.25) is 9.13 Å². The van der Waals surface area contributed by atoms with E-state index in [0.717, 1.165) is 98.9 Å². The van der Waals surface area contributed by atoms with Crippen molar-refractivity contribution in [1.29, 1.82) is 0 Å². The van der Waals surface area contributed by atoms with Crippen molar-refractivity contribution in [2.45, 2.75) is 0 Å². The van der Waals surface area contributed by atoms with Gasteiger partial charge in [0.1, 0.15) is 5.52 Å². The molecule has 0 aliphatic heterocycles. The van der Waals surface area contributed by atoms with Crippen molar-refractivity contribution in [2.75, 3.05) is 0 Å². The monoisotopic (exact) mass is 806 g/mol. The Morgan fingerprint density at radius 2 is 0.873 bits per heavy atom. The summed E-state index contributed by atoms with van der Waals surface area (Å²) < 4.78 is 11.2. The highest BCUT2D eigenvalue weighted by molar-refractivity contribution is 6.23. The van der Waals surface area contributed by atoms with Crippen LogP contribution in [0.15, 0.2) is 211 Å². The lowest BCUT2D eigenvalue weighted by Gasteiger charge is -2.14. The predicted molar refractivity (Wildman–Crippen MR) is 255 cm³/mol. The SMILES string of the molecule is c1ccc(-c2ccc(-c3nc(-c4ccccc4-c4ccccc4)nc(-n4c5ccccc5c5ccc6c7ccccc7n(-c7nc8ccc9ccccc9c8o7)c6c54)n3)cc2)cc1. The lowest BCUT2D eigenvalue weighted by Crippen LogP contribution is -2.07. The minimum Gasteiger partial charge on any atom is -0.422 e. The molecule has 0 spiro atoms. The second-order valence-electron chi connectivity index (χ2n) is 15.8. The van der Waals surface area contributed by atoms with Gasteiger partial charge in [-0.25, -0.2) is 4.98 Å². The summed E-state index contributed by atoms with van der Waals surface area (Å²) >= 11 is 0. The second-order valence-corrected chi connectivity index (χ2v) is 15.8. The number of benzene rings is 9. The topological polar surface area (TPSA) is 74.6 Å². The van der Waals surface area contributed by atoms with Gasteiger partial charge in [0.2, 0.25) is 5.95 Å². The van der Waals surface area contributed by atoms with Crippen molar-refractivity contribution in [3.05, 3.63) is 206 Å². The van der Waals surface area contributed by atoms with E-state index in [-0.39, 0.29) is 0 Å². The number of rotatable bonds is 6. The first-order chi connectivity index (χ1) is 31.2. The zero-order valence-corrected chi connectivity index (χ0v) is 33.7. The van der Waals surface area contributed by atoms with Gasteiger partial charge in [-0.2, -0.15) is 15.0 Å². The van der Waals surface area contributed by atoms with Crippen LogP contribution in [0.2, 0.25) is 0 Å². The van der Waals surface area contributed by atoms with Crippen molar-refractivity contribution < 1.29 is 4.42 Å². The quantitative estimate of drug-likeness (QED) is 0.167. The number of hydrogen-bond donors (Lipinski definition) is 0. The minimum absolute atomic E-state index is 0.490. The molecule has 63 heavy (non-hydrogen) atoms. The number of oxazole rings is 1. The highest BCUT2D eigenvalue weighted by Gasteiger charge is 2.25. The van der Waals surface area contributed by atoms with Crippen LogP contribution < -0.4 is 0 Å². The molecule has 7 nitrogen and oxygen atoms in total. The van der Waals surface area contributed by atoms with Crippen LogP contribution in [-0.4, -0.2) is 29.1 Å². The predicted octanol–water partition coefficient (Wildman–Crippen LogP) is 14.0. The maximum Gasteiger partial charge on any atom is 0.307 e. The molecule has 0 radical (unpaired) electrons. The van der Waals surface area contributed by atoms with Crippen molar-refractivity contribution in [2.24, 2.45) is 0 Å². The Hall–Kier alpha value is -8.68. The number of nitrogens with zero attached hydrogens (tertiary/aromatic N) is 6. The summed E-state index contributed by atoms with van der Waals surface area (Å²) in [4.78, 5) is 21.3. The Labute approximate surface area is 360 Å². The summed E-state index contributed by atoms with van der Waals surface area (Å²) in [5.74, 6) is 1.65. The molecule has 4 heterocycles. The van der Waals surface area contributed by atoms with E-state index in [9.17, 15) is 0 Å². The number of hydrogen-bond acceptors (Lipinski definition) is 5. The lowest BCUT2D eigenvalue weighted by atomic mass is 9.99.